The molecule has 0 atom stereocenters. The summed E-state index contributed by atoms with van der Waals surface area (Å²) in [5.74, 6) is -1.71. The maximum atomic E-state index is 15.6. The van der Waals surface area contributed by atoms with E-state index in [9.17, 15) is 9.59 Å². The number of anilines is 1. The van der Waals surface area contributed by atoms with Gasteiger partial charge in [-0.25, -0.2) is 13.6 Å². The highest BCUT2D eigenvalue weighted by Crippen LogP contribution is 2.37. The molecular formula is C37H35F2N3O5. The van der Waals surface area contributed by atoms with Crippen molar-refractivity contribution in [3.8, 4) is 22.8 Å². The molecule has 8 nitrogen and oxygen atoms in total. The number of morpholine rings is 1. The first-order valence-electron chi connectivity index (χ1n) is 15.3. The predicted molar refractivity (Wildman–Crippen MR) is 176 cm³/mol. The van der Waals surface area contributed by atoms with E-state index in [1.165, 1.54) is 19.1 Å². The van der Waals surface area contributed by atoms with Crippen LogP contribution in [-0.2, 0) is 26.4 Å². The second-order valence-corrected chi connectivity index (χ2v) is 12.0. The Balaban J connectivity index is 1.36. The minimum atomic E-state index is -0.715. The van der Waals surface area contributed by atoms with Crippen LogP contribution in [0.3, 0.4) is 0 Å². The average molecular weight is 640 g/mol. The van der Waals surface area contributed by atoms with E-state index in [2.05, 4.69) is 10.3 Å². The van der Waals surface area contributed by atoms with Crippen LogP contribution in [0, 0.1) is 11.6 Å². The van der Waals surface area contributed by atoms with Gasteiger partial charge in [0.05, 0.1) is 24.3 Å². The Kier molecular flexibility index (Phi) is 8.95. The molecule has 242 valence electrons. The number of nitrogens with zero attached hydrogens (tertiary/aromatic N) is 1. The van der Waals surface area contributed by atoms with Gasteiger partial charge < -0.3 is 29.4 Å². The maximum Gasteiger partial charge on any atom is 0.344 e. The molecule has 0 saturated carbocycles. The van der Waals surface area contributed by atoms with Crippen LogP contribution in [-0.4, -0.2) is 43.2 Å². The fraction of sp³-hybridized carbons (Fsp3) is 0.243. The molecule has 1 fully saturated rings. The molecular weight excluding hydrogens is 604 g/mol. The lowest BCUT2D eigenvalue weighted by Gasteiger charge is -2.29. The van der Waals surface area contributed by atoms with Gasteiger partial charge in [-0.2, -0.15) is 0 Å². The number of fused-ring (bicyclic) bond motifs is 1. The monoisotopic (exact) mass is 639 g/mol. The molecule has 1 aromatic heterocycles. The summed E-state index contributed by atoms with van der Waals surface area (Å²) in [6.07, 6.45) is 0. The van der Waals surface area contributed by atoms with Crippen molar-refractivity contribution >= 4 is 28.5 Å². The number of ether oxygens (including phenoxy) is 3. The van der Waals surface area contributed by atoms with Crippen LogP contribution < -0.4 is 15.0 Å². The van der Waals surface area contributed by atoms with E-state index in [0.29, 0.717) is 48.6 Å². The van der Waals surface area contributed by atoms with E-state index in [4.69, 9.17) is 14.2 Å². The fourth-order valence-corrected chi connectivity index (χ4v) is 5.81. The van der Waals surface area contributed by atoms with Crippen LogP contribution in [0.4, 0.5) is 14.5 Å². The third kappa shape index (κ3) is 6.97. The SMILES string of the molecule is CC(=O)NC(C)(C)c1ccc(Oc2[nH]c3ccc(-c4c(F)cc(N5CCOCC5)cc4F)cc3c2C(=O)OCc2ccccc2)cc1. The second kappa shape index (κ2) is 13.3. The van der Waals surface area contributed by atoms with E-state index >= 15 is 8.78 Å². The number of rotatable bonds is 9. The van der Waals surface area contributed by atoms with Crippen LogP contribution in [0.25, 0.3) is 22.0 Å². The number of hydrogen-bond acceptors (Lipinski definition) is 6. The Morgan fingerprint density at radius 2 is 1.62 bits per heavy atom. The summed E-state index contributed by atoms with van der Waals surface area (Å²) in [4.78, 5) is 30.4. The highest BCUT2D eigenvalue weighted by atomic mass is 19.1. The molecule has 0 bridgehead atoms. The Morgan fingerprint density at radius 3 is 2.28 bits per heavy atom. The van der Waals surface area contributed by atoms with Gasteiger partial charge in [0.25, 0.3) is 0 Å². The molecule has 10 heteroatoms. The third-order valence-corrected chi connectivity index (χ3v) is 8.16. The van der Waals surface area contributed by atoms with Crippen LogP contribution in [0.1, 0.15) is 42.3 Å². The lowest BCUT2D eigenvalue weighted by atomic mass is 9.94. The van der Waals surface area contributed by atoms with E-state index in [-0.39, 0.29) is 35.1 Å². The maximum absolute atomic E-state index is 15.6. The molecule has 0 spiro atoms. The molecule has 0 unspecified atom stereocenters. The summed E-state index contributed by atoms with van der Waals surface area (Å²) in [5, 5.41) is 3.30. The predicted octanol–water partition coefficient (Wildman–Crippen LogP) is 7.47. The van der Waals surface area contributed by atoms with Crippen molar-refractivity contribution in [1.82, 2.24) is 10.3 Å². The van der Waals surface area contributed by atoms with Crippen LogP contribution in [0.5, 0.6) is 11.6 Å². The molecule has 1 amide bonds. The second-order valence-electron chi connectivity index (χ2n) is 12.0. The zero-order valence-corrected chi connectivity index (χ0v) is 26.4. The van der Waals surface area contributed by atoms with Crippen molar-refractivity contribution in [3.63, 3.8) is 0 Å². The molecule has 1 saturated heterocycles. The van der Waals surface area contributed by atoms with Crippen molar-refractivity contribution in [2.75, 3.05) is 31.2 Å². The molecule has 1 aliphatic heterocycles. The fourth-order valence-electron chi connectivity index (χ4n) is 5.81. The number of carbonyl (C=O) groups excluding carboxylic acids is 2. The molecule has 2 N–H and O–H groups in total. The van der Waals surface area contributed by atoms with Gasteiger partial charge in [-0.3, -0.25) is 4.79 Å². The standard InChI is InChI=1S/C37H35F2N3O5/c1-23(43)41-37(2,3)26-10-12-28(13-11-26)47-35-34(36(44)46-22-24-7-5-4-6-8-24)29-19-25(9-14-32(29)40-35)33-30(38)20-27(21-31(33)39)42-15-17-45-18-16-42/h4-14,19-21,40H,15-18,22H2,1-3H3,(H,41,43). The van der Waals surface area contributed by atoms with Crippen molar-refractivity contribution in [1.29, 1.82) is 0 Å². The average Bonchev–Trinajstić information content (AvgIpc) is 3.41. The van der Waals surface area contributed by atoms with Gasteiger partial charge in [0.15, 0.2) is 0 Å². The zero-order chi connectivity index (χ0) is 33.1. The van der Waals surface area contributed by atoms with E-state index in [1.807, 2.05) is 61.2 Å². The minimum absolute atomic E-state index is 0.0185. The lowest BCUT2D eigenvalue weighted by Crippen LogP contribution is -2.39. The number of esters is 1. The third-order valence-electron chi connectivity index (χ3n) is 8.16. The topological polar surface area (TPSA) is 92.9 Å². The molecule has 2 heterocycles. The van der Waals surface area contributed by atoms with Crippen LogP contribution in [0.2, 0.25) is 0 Å². The smallest absolute Gasteiger partial charge is 0.344 e. The van der Waals surface area contributed by atoms with Crippen LogP contribution >= 0.6 is 0 Å². The molecule has 4 aromatic carbocycles. The first-order chi connectivity index (χ1) is 22.6. The van der Waals surface area contributed by atoms with Crippen molar-refractivity contribution in [3.05, 3.63) is 113 Å². The quantitative estimate of drug-likeness (QED) is 0.163. The summed E-state index contributed by atoms with van der Waals surface area (Å²) >= 11 is 0. The molecule has 6 rings (SSSR count). The summed E-state index contributed by atoms with van der Waals surface area (Å²) in [5.41, 5.74) is 2.15. The summed E-state index contributed by atoms with van der Waals surface area (Å²) in [6, 6.07) is 23.8. The van der Waals surface area contributed by atoms with Gasteiger partial charge >= 0.3 is 5.97 Å². The minimum Gasteiger partial charge on any atom is -0.457 e. The van der Waals surface area contributed by atoms with E-state index < -0.39 is 23.1 Å². The number of aromatic amines is 1. The first-order valence-corrected chi connectivity index (χ1v) is 15.3. The number of nitrogens with one attached hydrogen (secondary N) is 2. The van der Waals surface area contributed by atoms with E-state index in [0.717, 1.165) is 11.1 Å². The highest BCUT2D eigenvalue weighted by molar-refractivity contribution is 6.08. The summed E-state index contributed by atoms with van der Waals surface area (Å²) in [6.45, 7) is 7.32. The van der Waals surface area contributed by atoms with Crippen LogP contribution in [0.15, 0.2) is 84.9 Å². The lowest BCUT2D eigenvalue weighted by molar-refractivity contribution is -0.120. The number of carbonyl (C=O) groups is 2. The number of halogens is 2. The van der Waals surface area contributed by atoms with Gasteiger partial charge in [-0.05, 0) is 66.9 Å². The van der Waals surface area contributed by atoms with Gasteiger partial charge in [0, 0.05) is 36.6 Å². The number of benzene rings is 4. The highest BCUT2D eigenvalue weighted by Gasteiger charge is 2.26. The van der Waals surface area contributed by atoms with Gasteiger partial charge in [0.2, 0.25) is 11.8 Å². The Labute approximate surface area is 271 Å². The normalized spacial score (nSPS) is 13.4. The largest absolute Gasteiger partial charge is 0.457 e. The van der Waals surface area contributed by atoms with Gasteiger partial charge in [0.1, 0.15) is 29.6 Å². The van der Waals surface area contributed by atoms with E-state index in [1.54, 1.807) is 30.3 Å². The Hall–Kier alpha value is -5.22. The Bertz CT molecular complexity index is 1890. The molecule has 5 aromatic rings. The number of aromatic nitrogens is 1. The number of H-pyrrole nitrogens is 1. The van der Waals surface area contributed by atoms with Crippen molar-refractivity contribution < 1.29 is 32.6 Å². The summed E-state index contributed by atoms with van der Waals surface area (Å²) in [7, 11) is 0. The van der Waals surface area contributed by atoms with Crippen molar-refractivity contribution in [2.24, 2.45) is 0 Å². The molecule has 1 aliphatic rings. The number of amides is 1. The zero-order valence-electron chi connectivity index (χ0n) is 26.4. The van der Waals surface area contributed by atoms with Crippen molar-refractivity contribution in [2.45, 2.75) is 32.9 Å². The Morgan fingerprint density at radius 1 is 0.936 bits per heavy atom. The molecule has 0 aliphatic carbocycles. The molecule has 0 radical (unpaired) electrons. The molecule has 47 heavy (non-hydrogen) atoms. The number of hydrogen-bond donors (Lipinski definition) is 2. The first kappa shape index (κ1) is 31.7. The van der Waals surface area contributed by atoms with Gasteiger partial charge in [-0.15, -0.1) is 0 Å². The summed E-state index contributed by atoms with van der Waals surface area (Å²) < 4.78 is 48.3. The van der Waals surface area contributed by atoms with Gasteiger partial charge in [-0.1, -0.05) is 48.5 Å².